The summed E-state index contributed by atoms with van der Waals surface area (Å²) in [4.78, 5) is 15.0. The van der Waals surface area contributed by atoms with E-state index in [1.165, 1.54) is 16.8 Å². The lowest BCUT2D eigenvalue weighted by molar-refractivity contribution is -0.120. The Hall–Kier alpha value is -2.33. The molecule has 1 saturated heterocycles. The minimum absolute atomic E-state index is 0.0224. The van der Waals surface area contributed by atoms with Gasteiger partial charge in [-0.15, -0.1) is 0 Å². The highest BCUT2D eigenvalue weighted by molar-refractivity contribution is 5.82. The molecule has 4 heteroatoms. The van der Waals surface area contributed by atoms with Gasteiger partial charge in [-0.25, -0.2) is 0 Å². The van der Waals surface area contributed by atoms with Crippen LogP contribution in [0.25, 0.3) is 0 Å². The van der Waals surface area contributed by atoms with Crippen molar-refractivity contribution in [3.63, 3.8) is 0 Å². The Morgan fingerprint density at radius 2 is 1.81 bits per heavy atom. The number of carbonyl (C=O) groups excluding carboxylic acids is 1. The number of nitrogens with one attached hydrogen (secondary N) is 1. The highest BCUT2D eigenvalue weighted by Crippen LogP contribution is 2.36. The average molecular weight is 364 g/mol. The van der Waals surface area contributed by atoms with Gasteiger partial charge < -0.3 is 15.0 Å². The summed E-state index contributed by atoms with van der Waals surface area (Å²) in [6, 6.07) is 19.0. The molecule has 142 valence electrons. The zero-order valence-corrected chi connectivity index (χ0v) is 16.0. The maximum absolute atomic E-state index is 12.7. The van der Waals surface area contributed by atoms with E-state index in [9.17, 15) is 4.79 Å². The average Bonchev–Trinajstić information content (AvgIpc) is 3.03. The second-order valence-electron chi connectivity index (χ2n) is 7.88. The molecular weight excluding hydrogens is 336 g/mol. The Labute approximate surface area is 161 Å². The highest BCUT2D eigenvalue weighted by atomic mass is 16.5. The number of hydrogen-bond donors (Lipinski definition) is 1. The van der Waals surface area contributed by atoms with E-state index in [4.69, 9.17) is 4.74 Å². The van der Waals surface area contributed by atoms with E-state index in [1.54, 1.807) is 0 Å². The van der Waals surface area contributed by atoms with Crippen LogP contribution in [0.4, 0.5) is 5.69 Å². The number of amides is 1. The third-order valence-electron chi connectivity index (χ3n) is 6.10. The van der Waals surface area contributed by atoms with Crippen molar-refractivity contribution in [2.75, 3.05) is 37.7 Å². The smallest absolute Gasteiger partial charge is 0.239 e. The summed E-state index contributed by atoms with van der Waals surface area (Å²) in [5.74, 6) is 0.570. The Bertz CT molecular complexity index is 784. The van der Waals surface area contributed by atoms with Gasteiger partial charge >= 0.3 is 0 Å². The van der Waals surface area contributed by atoms with Gasteiger partial charge in [-0.1, -0.05) is 55.5 Å². The molecule has 2 aliphatic rings. The standard InChI is InChI=1S/C23H28N2O2/c1-18-15-25(21-10-6-5-9-20(18)21)16-22(26)24-17-23(11-13-27-14-12-23)19-7-3-2-4-8-19/h2-10,18H,11-17H2,1H3,(H,24,26)/t18-/m1/s1. The summed E-state index contributed by atoms with van der Waals surface area (Å²) in [6.07, 6.45) is 1.89. The Kier molecular flexibility index (Phi) is 5.17. The first-order valence-corrected chi connectivity index (χ1v) is 9.92. The fourth-order valence-electron chi connectivity index (χ4n) is 4.49. The van der Waals surface area contributed by atoms with Crippen LogP contribution in [0.1, 0.15) is 36.8 Å². The van der Waals surface area contributed by atoms with Gasteiger partial charge in [0.15, 0.2) is 0 Å². The lowest BCUT2D eigenvalue weighted by Crippen LogP contribution is -2.47. The first-order chi connectivity index (χ1) is 13.2. The maximum Gasteiger partial charge on any atom is 0.239 e. The molecule has 2 aromatic carbocycles. The lowest BCUT2D eigenvalue weighted by Gasteiger charge is -2.38. The molecule has 1 amide bonds. The normalized spacial score (nSPS) is 20.9. The fourth-order valence-corrected chi connectivity index (χ4v) is 4.49. The first kappa shape index (κ1) is 18.1. The minimum Gasteiger partial charge on any atom is -0.381 e. The molecule has 1 fully saturated rings. The quantitative estimate of drug-likeness (QED) is 0.883. The molecule has 0 saturated carbocycles. The van der Waals surface area contributed by atoms with Gasteiger partial charge in [0.1, 0.15) is 0 Å². The topological polar surface area (TPSA) is 41.6 Å². The Morgan fingerprint density at radius 3 is 2.59 bits per heavy atom. The molecule has 0 aromatic heterocycles. The molecule has 4 nitrogen and oxygen atoms in total. The van der Waals surface area contributed by atoms with Gasteiger partial charge in [0.25, 0.3) is 0 Å². The SMILES string of the molecule is C[C@@H]1CN(CC(=O)NCC2(c3ccccc3)CCOCC2)c2ccccc21. The number of hydrogen-bond acceptors (Lipinski definition) is 3. The van der Waals surface area contributed by atoms with Crippen molar-refractivity contribution in [1.29, 1.82) is 0 Å². The van der Waals surface area contributed by atoms with E-state index in [1.807, 2.05) is 12.1 Å². The molecule has 2 aromatic rings. The van der Waals surface area contributed by atoms with Gasteiger partial charge in [-0.3, -0.25) is 4.79 Å². The van der Waals surface area contributed by atoms with Crippen LogP contribution in [0.15, 0.2) is 54.6 Å². The van der Waals surface area contributed by atoms with E-state index < -0.39 is 0 Å². The molecule has 4 rings (SSSR count). The predicted octanol–water partition coefficient (Wildman–Crippen LogP) is 3.47. The van der Waals surface area contributed by atoms with Crippen LogP contribution in [-0.2, 0) is 14.9 Å². The minimum atomic E-state index is -0.0224. The summed E-state index contributed by atoms with van der Waals surface area (Å²) in [5.41, 5.74) is 3.82. The van der Waals surface area contributed by atoms with Crippen LogP contribution in [0, 0.1) is 0 Å². The molecule has 0 unspecified atom stereocenters. The predicted molar refractivity (Wildman–Crippen MR) is 108 cm³/mol. The Morgan fingerprint density at radius 1 is 1.11 bits per heavy atom. The van der Waals surface area contributed by atoms with Gasteiger partial charge in [-0.05, 0) is 30.0 Å². The van der Waals surface area contributed by atoms with Crippen LogP contribution < -0.4 is 10.2 Å². The summed E-state index contributed by atoms with van der Waals surface area (Å²) >= 11 is 0. The second-order valence-corrected chi connectivity index (χ2v) is 7.88. The summed E-state index contributed by atoms with van der Waals surface area (Å²) in [6.45, 7) is 5.73. The van der Waals surface area contributed by atoms with Crippen LogP contribution in [0.3, 0.4) is 0 Å². The number of benzene rings is 2. The fraction of sp³-hybridized carbons (Fsp3) is 0.435. The maximum atomic E-state index is 12.7. The zero-order valence-electron chi connectivity index (χ0n) is 16.0. The number of ether oxygens (including phenoxy) is 1. The molecule has 0 bridgehead atoms. The van der Waals surface area contributed by atoms with Crippen molar-refractivity contribution in [2.45, 2.75) is 31.1 Å². The number of anilines is 1. The van der Waals surface area contributed by atoms with E-state index in [-0.39, 0.29) is 11.3 Å². The molecule has 0 spiro atoms. The van der Waals surface area contributed by atoms with Gasteiger partial charge in [0.2, 0.25) is 5.91 Å². The van der Waals surface area contributed by atoms with E-state index in [0.29, 0.717) is 19.0 Å². The van der Waals surface area contributed by atoms with Crippen LogP contribution in [0.2, 0.25) is 0 Å². The monoisotopic (exact) mass is 364 g/mol. The van der Waals surface area contributed by atoms with Crippen molar-refractivity contribution in [2.24, 2.45) is 0 Å². The highest BCUT2D eigenvalue weighted by Gasteiger charge is 2.35. The molecule has 1 atom stereocenters. The zero-order chi connectivity index (χ0) is 18.7. The summed E-state index contributed by atoms with van der Waals surface area (Å²) in [7, 11) is 0. The van der Waals surface area contributed by atoms with Gasteiger partial charge in [0.05, 0.1) is 6.54 Å². The number of nitrogens with zero attached hydrogens (tertiary/aromatic N) is 1. The van der Waals surface area contributed by atoms with Gasteiger partial charge in [0, 0.05) is 43.3 Å². The summed E-state index contributed by atoms with van der Waals surface area (Å²) in [5, 5.41) is 3.23. The third-order valence-corrected chi connectivity index (χ3v) is 6.10. The van der Waals surface area contributed by atoms with Crippen molar-refractivity contribution < 1.29 is 9.53 Å². The molecule has 2 aliphatic heterocycles. The molecule has 1 N–H and O–H groups in total. The van der Waals surface area contributed by atoms with Crippen LogP contribution in [-0.4, -0.2) is 38.8 Å². The van der Waals surface area contributed by atoms with E-state index in [0.717, 1.165) is 32.6 Å². The molecule has 2 heterocycles. The molecule has 27 heavy (non-hydrogen) atoms. The van der Waals surface area contributed by atoms with Crippen molar-refractivity contribution in [1.82, 2.24) is 5.32 Å². The third kappa shape index (κ3) is 3.72. The largest absolute Gasteiger partial charge is 0.381 e. The first-order valence-electron chi connectivity index (χ1n) is 9.92. The van der Waals surface area contributed by atoms with E-state index >= 15 is 0 Å². The van der Waals surface area contributed by atoms with E-state index in [2.05, 4.69) is 59.6 Å². The summed E-state index contributed by atoms with van der Waals surface area (Å²) < 4.78 is 5.59. The van der Waals surface area contributed by atoms with Crippen LogP contribution in [0.5, 0.6) is 0 Å². The molecule has 0 radical (unpaired) electrons. The van der Waals surface area contributed by atoms with Gasteiger partial charge in [-0.2, -0.15) is 0 Å². The number of rotatable bonds is 5. The lowest BCUT2D eigenvalue weighted by atomic mass is 9.74. The molecular formula is C23H28N2O2. The number of fused-ring (bicyclic) bond motifs is 1. The second kappa shape index (κ2) is 7.73. The number of para-hydroxylation sites is 1. The van der Waals surface area contributed by atoms with Crippen molar-refractivity contribution in [3.05, 3.63) is 65.7 Å². The molecule has 0 aliphatic carbocycles. The number of carbonyl (C=O) groups is 1. The van der Waals surface area contributed by atoms with Crippen LogP contribution >= 0.6 is 0 Å². The Balaban J connectivity index is 1.42. The van der Waals surface area contributed by atoms with Crippen molar-refractivity contribution in [3.8, 4) is 0 Å². The van der Waals surface area contributed by atoms with Crippen molar-refractivity contribution >= 4 is 11.6 Å².